The Morgan fingerprint density at radius 1 is 1.02 bits per heavy atom. The topological polar surface area (TPSA) is 146 Å². The van der Waals surface area contributed by atoms with Crippen LogP contribution in [-0.2, 0) is 42.7 Å². The zero-order valence-electron chi connectivity index (χ0n) is 28.6. The zero-order chi connectivity index (χ0) is 35.4. The van der Waals surface area contributed by atoms with Crippen molar-refractivity contribution in [3.63, 3.8) is 0 Å². The fraction of sp³-hybridized carbons (Fsp3) is 0.583. The smallest absolute Gasteiger partial charge is 0.408 e. The quantitative estimate of drug-likeness (QED) is 0.158. The Labute approximate surface area is 294 Å². The average Bonchev–Trinajstić information content (AvgIpc) is 3.31. The standard InChI is InChI=1S/C36H51ClN3O8P/c1-3-47-49(46,48-4-2)35(43)31(19-20-33(41)39-21-11-17-28-15-8-9-16-29(28)25-39)38-34(42)32(23-26-12-6-5-7-13-26)40(36(44)45)24-27-14-10-18-30(37)22-27/h8-10,14-16,18,22,26,31-32,35,43H,3-7,11-13,17,19-21,23-25H2,1-2H3,(H,38,42)(H,44,45)/t31-,32-,35?/m0/s1. The van der Waals surface area contributed by atoms with E-state index in [0.29, 0.717) is 23.7 Å². The highest BCUT2D eigenvalue weighted by Crippen LogP contribution is 2.53. The third-order valence-electron chi connectivity index (χ3n) is 9.45. The number of aliphatic hydroxyl groups is 1. The number of carbonyl (C=O) groups excluding carboxylic acids is 2. The molecule has 1 fully saturated rings. The molecule has 270 valence electrons. The summed E-state index contributed by atoms with van der Waals surface area (Å²) < 4.78 is 24.7. The summed E-state index contributed by atoms with van der Waals surface area (Å²) in [6, 6.07) is 12.5. The predicted octanol–water partition coefficient (Wildman–Crippen LogP) is 6.98. The van der Waals surface area contributed by atoms with Gasteiger partial charge in [-0.2, -0.15) is 0 Å². The molecule has 49 heavy (non-hydrogen) atoms. The van der Waals surface area contributed by atoms with Crippen LogP contribution in [0.5, 0.6) is 0 Å². The molecular weight excluding hydrogens is 669 g/mol. The first kappa shape index (κ1) is 38.8. The monoisotopic (exact) mass is 719 g/mol. The van der Waals surface area contributed by atoms with Gasteiger partial charge in [0, 0.05) is 31.1 Å². The van der Waals surface area contributed by atoms with Crippen LogP contribution in [0.4, 0.5) is 4.79 Å². The van der Waals surface area contributed by atoms with E-state index in [1.807, 2.05) is 18.2 Å². The first-order valence-electron chi connectivity index (χ1n) is 17.5. The molecule has 2 aliphatic rings. The summed E-state index contributed by atoms with van der Waals surface area (Å²) in [7, 11) is -4.16. The van der Waals surface area contributed by atoms with Gasteiger partial charge in [-0.3, -0.25) is 19.1 Å². The van der Waals surface area contributed by atoms with Crippen LogP contribution in [0, 0.1) is 5.92 Å². The molecule has 13 heteroatoms. The molecular formula is C36H51ClN3O8P. The van der Waals surface area contributed by atoms with Gasteiger partial charge in [0.05, 0.1) is 19.3 Å². The maximum atomic E-state index is 14.3. The number of benzene rings is 2. The fourth-order valence-corrected chi connectivity index (χ4v) is 8.93. The normalized spacial score (nSPS) is 17.3. The Morgan fingerprint density at radius 2 is 1.71 bits per heavy atom. The second kappa shape index (κ2) is 18.9. The number of aryl methyl sites for hydroxylation is 1. The second-order valence-corrected chi connectivity index (χ2v) is 15.5. The molecule has 0 bridgehead atoms. The number of halogens is 1. The van der Waals surface area contributed by atoms with Gasteiger partial charge in [-0.15, -0.1) is 0 Å². The Balaban J connectivity index is 1.60. The van der Waals surface area contributed by atoms with Crippen LogP contribution in [0.15, 0.2) is 48.5 Å². The molecule has 2 aromatic rings. The van der Waals surface area contributed by atoms with E-state index in [1.54, 1.807) is 43.0 Å². The number of rotatable bonds is 16. The number of carboxylic acid groups (broad SMARTS) is 1. The van der Waals surface area contributed by atoms with E-state index in [1.165, 1.54) is 5.56 Å². The Bertz CT molecular complexity index is 1440. The molecule has 1 aliphatic carbocycles. The van der Waals surface area contributed by atoms with Gasteiger partial charge < -0.3 is 29.5 Å². The van der Waals surface area contributed by atoms with Crippen molar-refractivity contribution in [1.82, 2.24) is 15.1 Å². The summed E-state index contributed by atoms with van der Waals surface area (Å²) in [5.74, 6) is -2.48. The van der Waals surface area contributed by atoms with Crippen molar-refractivity contribution in [1.29, 1.82) is 0 Å². The van der Waals surface area contributed by atoms with Gasteiger partial charge in [0.2, 0.25) is 11.8 Å². The van der Waals surface area contributed by atoms with Crippen LogP contribution in [-0.4, -0.2) is 75.6 Å². The van der Waals surface area contributed by atoms with E-state index in [0.717, 1.165) is 55.4 Å². The third kappa shape index (κ3) is 11.0. The summed E-state index contributed by atoms with van der Waals surface area (Å²) in [6.45, 7) is 4.13. The van der Waals surface area contributed by atoms with Crippen LogP contribution >= 0.6 is 19.2 Å². The first-order chi connectivity index (χ1) is 23.5. The molecule has 0 spiro atoms. The van der Waals surface area contributed by atoms with E-state index < -0.39 is 37.5 Å². The number of nitrogens with zero attached hydrogens (tertiary/aromatic N) is 2. The Hall–Kier alpha value is -2.95. The number of aliphatic hydroxyl groups excluding tert-OH is 1. The van der Waals surface area contributed by atoms with Crippen LogP contribution in [0.2, 0.25) is 5.02 Å². The minimum absolute atomic E-state index is 0.0160. The zero-order valence-corrected chi connectivity index (χ0v) is 30.2. The van der Waals surface area contributed by atoms with Crippen molar-refractivity contribution in [3.05, 3.63) is 70.2 Å². The largest absolute Gasteiger partial charge is 0.465 e. The molecule has 11 nitrogen and oxygen atoms in total. The van der Waals surface area contributed by atoms with Crippen molar-refractivity contribution in [2.24, 2.45) is 5.92 Å². The van der Waals surface area contributed by atoms with Crippen LogP contribution in [0.25, 0.3) is 0 Å². The van der Waals surface area contributed by atoms with Crippen molar-refractivity contribution in [2.75, 3.05) is 19.8 Å². The van der Waals surface area contributed by atoms with E-state index in [4.69, 9.17) is 20.6 Å². The van der Waals surface area contributed by atoms with Crippen molar-refractivity contribution in [2.45, 2.75) is 109 Å². The van der Waals surface area contributed by atoms with Crippen molar-refractivity contribution in [3.8, 4) is 0 Å². The molecule has 2 aromatic carbocycles. The van der Waals surface area contributed by atoms with Gasteiger partial charge in [0.1, 0.15) is 6.04 Å². The first-order valence-corrected chi connectivity index (χ1v) is 19.5. The fourth-order valence-electron chi connectivity index (χ4n) is 6.95. The number of amides is 3. The van der Waals surface area contributed by atoms with Gasteiger partial charge in [-0.05, 0) is 74.3 Å². The van der Waals surface area contributed by atoms with Crippen molar-refractivity contribution >= 4 is 37.1 Å². The molecule has 1 saturated carbocycles. The average molecular weight is 720 g/mol. The lowest BCUT2D eigenvalue weighted by Crippen LogP contribution is -2.54. The van der Waals surface area contributed by atoms with Crippen LogP contribution in [0.3, 0.4) is 0 Å². The molecule has 3 atom stereocenters. The molecule has 1 heterocycles. The minimum Gasteiger partial charge on any atom is -0.465 e. The van der Waals surface area contributed by atoms with Gasteiger partial charge in [0.25, 0.3) is 0 Å². The van der Waals surface area contributed by atoms with Crippen LogP contribution < -0.4 is 5.32 Å². The Kier molecular flexibility index (Phi) is 15.0. The summed E-state index contributed by atoms with van der Waals surface area (Å²) in [5.41, 5.74) is 2.90. The molecule has 0 radical (unpaired) electrons. The summed E-state index contributed by atoms with van der Waals surface area (Å²) in [6.07, 6.45) is 5.38. The lowest BCUT2D eigenvalue weighted by Gasteiger charge is -2.35. The maximum absolute atomic E-state index is 14.3. The van der Waals surface area contributed by atoms with E-state index in [-0.39, 0.29) is 50.8 Å². The number of fused-ring (bicyclic) bond motifs is 1. The molecule has 3 amide bonds. The van der Waals surface area contributed by atoms with Gasteiger partial charge >= 0.3 is 13.7 Å². The predicted molar refractivity (Wildman–Crippen MR) is 188 cm³/mol. The minimum atomic E-state index is -4.16. The number of nitrogens with one attached hydrogen (secondary N) is 1. The number of carbonyl (C=O) groups is 3. The van der Waals surface area contributed by atoms with Gasteiger partial charge in [-0.25, -0.2) is 4.79 Å². The van der Waals surface area contributed by atoms with E-state index in [9.17, 15) is 29.2 Å². The summed E-state index contributed by atoms with van der Waals surface area (Å²) in [4.78, 5) is 43.5. The number of hydrogen-bond acceptors (Lipinski definition) is 7. The molecule has 3 N–H and O–H groups in total. The molecule has 1 unspecified atom stereocenters. The van der Waals surface area contributed by atoms with Crippen LogP contribution in [0.1, 0.15) is 88.3 Å². The Morgan fingerprint density at radius 3 is 2.37 bits per heavy atom. The second-order valence-electron chi connectivity index (χ2n) is 12.9. The highest BCUT2D eigenvalue weighted by atomic mass is 35.5. The van der Waals surface area contributed by atoms with Gasteiger partial charge in [0.15, 0.2) is 5.85 Å². The lowest BCUT2D eigenvalue weighted by molar-refractivity contribution is -0.133. The maximum Gasteiger partial charge on any atom is 0.408 e. The highest BCUT2D eigenvalue weighted by molar-refractivity contribution is 7.54. The number of hydrogen-bond donors (Lipinski definition) is 3. The third-order valence-corrected chi connectivity index (χ3v) is 11.9. The molecule has 0 aromatic heterocycles. The summed E-state index contributed by atoms with van der Waals surface area (Å²) >= 11 is 6.20. The molecule has 0 saturated heterocycles. The molecule has 1 aliphatic heterocycles. The SMILES string of the molecule is CCOP(=O)(OCC)C(O)[C@H](CCC(=O)N1CCCc2ccccc2C1)NC(=O)[C@H](CC1CCCCC1)N(Cc1cccc(Cl)c1)C(=O)O. The highest BCUT2D eigenvalue weighted by Gasteiger charge is 2.43. The molecule has 4 rings (SSSR count). The summed E-state index contributed by atoms with van der Waals surface area (Å²) in [5, 5.41) is 25.2. The van der Waals surface area contributed by atoms with E-state index >= 15 is 0 Å². The lowest BCUT2D eigenvalue weighted by atomic mass is 9.84. The van der Waals surface area contributed by atoms with Crippen molar-refractivity contribution < 1.29 is 38.2 Å². The van der Waals surface area contributed by atoms with E-state index in [2.05, 4.69) is 11.4 Å². The van der Waals surface area contributed by atoms with Gasteiger partial charge in [-0.1, -0.05) is 80.1 Å².